The highest BCUT2D eigenvalue weighted by molar-refractivity contribution is 5.84. The Morgan fingerprint density at radius 2 is 1.86 bits per heavy atom. The van der Waals surface area contributed by atoms with Crippen molar-refractivity contribution in [3.05, 3.63) is 30.1 Å². The van der Waals surface area contributed by atoms with Gasteiger partial charge in [-0.3, -0.25) is 14.6 Å². The van der Waals surface area contributed by atoms with Crippen LogP contribution in [0.1, 0.15) is 57.1 Å². The number of nitrogens with one attached hydrogen (secondary N) is 2. The Morgan fingerprint density at radius 1 is 1.18 bits per heavy atom. The van der Waals surface area contributed by atoms with Crippen LogP contribution in [0.25, 0.3) is 0 Å². The molecule has 22 heavy (non-hydrogen) atoms. The Kier molecular flexibility index (Phi) is 6.37. The Labute approximate surface area is 131 Å². The van der Waals surface area contributed by atoms with Crippen LogP contribution in [-0.2, 0) is 9.59 Å². The lowest BCUT2D eigenvalue weighted by atomic mass is 9.87. The fraction of sp³-hybridized carbons (Fsp3) is 0.588. The largest absolute Gasteiger partial charge is 0.348 e. The zero-order valence-corrected chi connectivity index (χ0v) is 13.2. The molecule has 1 saturated carbocycles. The maximum absolute atomic E-state index is 11.9. The SMILES string of the molecule is CC(NC(=O)CNC(=O)CC1CCCCC1)c1ccncc1. The first kappa shape index (κ1) is 16.5. The Hall–Kier alpha value is -1.91. The van der Waals surface area contributed by atoms with E-state index in [4.69, 9.17) is 0 Å². The average molecular weight is 303 g/mol. The monoisotopic (exact) mass is 303 g/mol. The second kappa shape index (κ2) is 8.51. The van der Waals surface area contributed by atoms with E-state index in [1.165, 1.54) is 19.3 Å². The van der Waals surface area contributed by atoms with Crippen LogP contribution in [0.15, 0.2) is 24.5 Å². The van der Waals surface area contributed by atoms with Gasteiger partial charge in [0.1, 0.15) is 0 Å². The van der Waals surface area contributed by atoms with Gasteiger partial charge in [-0.2, -0.15) is 0 Å². The van der Waals surface area contributed by atoms with Crippen molar-refractivity contribution < 1.29 is 9.59 Å². The molecule has 0 radical (unpaired) electrons. The summed E-state index contributed by atoms with van der Waals surface area (Å²) in [6, 6.07) is 3.64. The lowest BCUT2D eigenvalue weighted by molar-refractivity contribution is -0.127. The van der Waals surface area contributed by atoms with Crippen LogP contribution in [0.4, 0.5) is 0 Å². The molecule has 1 unspecified atom stereocenters. The van der Waals surface area contributed by atoms with E-state index in [9.17, 15) is 9.59 Å². The van der Waals surface area contributed by atoms with E-state index >= 15 is 0 Å². The number of nitrogens with zero attached hydrogens (tertiary/aromatic N) is 1. The standard InChI is InChI=1S/C17H25N3O2/c1-13(15-7-9-18-10-8-15)20-17(22)12-19-16(21)11-14-5-3-2-4-6-14/h7-10,13-14H,2-6,11-12H2,1H3,(H,19,21)(H,20,22). The third-order valence-corrected chi connectivity index (χ3v) is 4.23. The molecule has 120 valence electrons. The van der Waals surface area contributed by atoms with Gasteiger partial charge >= 0.3 is 0 Å². The second-order valence-corrected chi connectivity index (χ2v) is 6.05. The second-order valence-electron chi connectivity index (χ2n) is 6.05. The summed E-state index contributed by atoms with van der Waals surface area (Å²) in [4.78, 5) is 27.7. The minimum absolute atomic E-state index is 0.0152. The van der Waals surface area contributed by atoms with Crippen LogP contribution in [-0.4, -0.2) is 23.3 Å². The Bertz CT molecular complexity index is 484. The van der Waals surface area contributed by atoms with Gasteiger partial charge in [-0.1, -0.05) is 19.3 Å². The molecule has 5 heteroatoms. The normalized spacial score (nSPS) is 16.8. The quantitative estimate of drug-likeness (QED) is 0.847. The van der Waals surface area contributed by atoms with Gasteiger partial charge in [0, 0.05) is 18.8 Å². The molecule has 5 nitrogen and oxygen atoms in total. The summed E-state index contributed by atoms with van der Waals surface area (Å²) in [5, 5.41) is 5.60. The fourth-order valence-electron chi connectivity index (χ4n) is 2.93. The minimum Gasteiger partial charge on any atom is -0.348 e. The molecule has 1 fully saturated rings. The van der Waals surface area contributed by atoms with Crippen molar-refractivity contribution in [3.8, 4) is 0 Å². The third-order valence-electron chi connectivity index (χ3n) is 4.23. The highest BCUT2D eigenvalue weighted by Gasteiger charge is 2.17. The fourth-order valence-corrected chi connectivity index (χ4v) is 2.93. The van der Waals surface area contributed by atoms with Crippen molar-refractivity contribution in [1.82, 2.24) is 15.6 Å². The van der Waals surface area contributed by atoms with E-state index in [2.05, 4.69) is 15.6 Å². The molecule has 0 bridgehead atoms. The molecule has 0 aliphatic heterocycles. The zero-order valence-electron chi connectivity index (χ0n) is 13.2. The molecule has 2 N–H and O–H groups in total. The summed E-state index contributed by atoms with van der Waals surface area (Å²) in [6.45, 7) is 1.96. The first-order chi connectivity index (χ1) is 10.6. The van der Waals surface area contributed by atoms with Gasteiger partial charge in [0.25, 0.3) is 0 Å². The van der Waals surface area contributed by atoms with E-state index in [1.54, 1.807) is 12.4 Å². The van der Waals surface area contributed by atoms with Crippen molar-refractivity contribution in [1.29, 1.82) is 0 Å². The molecule has 0 saturated heterocycles. The smallest absolute Gasteiger partial charge is 0.239 e. The molecule has 1 aromatic rings. The first-order valence-electron chi connectivity index (χ1n) is 8.11. The van der Waals surface area contributed by atoms with Crippen molar-refractivity contribution in [2.45, 2.75) is 51.5 Å². The molecule has 1 aliphatic carbocycles. The maximum Gasteiger partial charge on any atom is 0.239 e. The maximum atomic E-state index is 11.9. The predicted molar refractivity (Wildman–Crippen MR) is 85.0 cm³/mol. The summed E-state index contributed by atoms with van der Waals surface area (Å²) in [7, 11) is 0. The molecule has 1 aromatic heterocycles. The van der Waals surface area contributed by atoms with Crippen LogP contribution in [0.2, 0.25) is 0 Å². The van der Waals surface area contributed by atoms with Crippen molar-refractivity contribution in [2.24, 2.45) is 5.92 Å². The number of hydrogen-bond donors (Lipinski definition) is 2. The van der Waals surface area contributed by atoms with Crippen molar-refractivity contribution in [2.75, 3.05) is 6.54 Å². The molecule has 1 aliphatic rings. The number of aromatic nitrogens is 1. The Balaban J connectivity index is 1.67. The van der Waals surface area contributed by atoms with E-state index in [0.29, 0.717) is 12.3 Å². The average Bonchev–Trinajstić information content (AvgIpc) is 2.55. The number of amides is 2. The van der Waals surface area contributed by atoms with Crippen LogP contribution < -0.4 is 10.6 Å². The Morgan fingerprint density at radius 3 is 2.55 bits per heavy atom. The van der Waals surface area contributed by atoms with Gasteiger partial charge in [0.2, 0.25) is 11.8 Å². The number of rotatable bonds is 6. The van der Waals surface area contributed by atoms with E-state index < -0.39 is 0 Å². The summed E-state index contributed by atoms with van der Waals surface area (Å²) in [6.07, 6.45) is 9.95. The molecule has 1 atom stereocenters. The van der Waals surface area contributed by atoms with Gasteiger partial charge in [-0.05, 0) is 43.4 Å². The summed E-state index contributed by atoms with van der Waals surface area (Å²) < 4.78 is 0. The molecular weight excluding hydrogens is 278 g/mol. The van der Waals surface area contributed by atoms with Crippen molar-refractivity contribution >= 4 is 11.8 Å². The highest BCUT2D eigenvalue weighted by Crippen LogP contribution is 2.25. The minimum atomic E-state index is -0.165. The number of hydrogen-bond acceptors (Lipinski definition) is 3. The highest BCUT2D eigenvalue weighted by atomic mass is 16.2. The third kappa shape index (κ3) is 5.47. The van der Waals surface area contributed by atoms with Crippen molar-refractivity contribution in [3.63, 3.8) is 0 Å². The zero-order chi connectivity index (χ0) is 15.8. The lowest BCUT2D eigenvalue weighted by Crippen LogP contribution is -2.38. The van der Waals surface area contributed by atoms with E-state index in [-0.39, 0.29) is 24.4 Å². The van der Waals surface area contributed by atoms with Crippen LogP contribution in [0.5, 0.6) is 0 Å². The lowest BCUT2D eigenvalue weighted by Gasteiger charge is -2.21. The molecule has 0 aromatic carbocycles. The molecule has 1 heterocycles. The van der Waals surface area contributed by atoms with Crippen LogP contribution in [0, 0.1) is 5.92 Å². The molecular formula is C17H25N3O2. The number of carbonyl (C=O) groups is 2. The van der Waals surface area contributed by atoms with E-state index in [1.807, 2.05) is 19.1 Å². The topological polar surface area (TPSA) is 71.1 Å². The van der Waals surface area contributed by atoms with Crippen LogP contribution >= 0.6 is 0 Å². The summed E-state index contributed by atoms with van der Waals surface area (Å²) in [5.41, 5.74) is 0.997. The van der Waals surface area contributed by atoms with Gasteiger partial charge in [0.15, 0.2) is 0 Å². The van der Waals surface area contributed by atoms with Gasteiger partial charge in [0.05, 0.1) is 12.6 Å². The van der Waals surface area contributed by atoms with E-state index in [0.717, 1.165) is 18.4 Å². The summed E-state index contributed by atoms with van der Waals surface area (Å²) in [5.74, 6) is 0.312. The molecule has 2 rings (SSSR count). The number of pyridine rings is 1. The first-order valence-corrected chi connectivity index (χ1v) is 8.11. The van der Waals surface area contributed by atoms with Crippen LogP contribution in [0.3, 0.4) is 0 Å². The number of carbonyl (C=O) groups excluding carboxylic acids is 2. The van der Waals surface area contributed by atoms with Gasteiger partial charge in [-0.25, -0.2) is 0 Å². The van der Waals surface area contributed by atoms with Gasteiger partial charge < -0.3 is 10.6 Å². The predicted octanol–water partition coefficient (Wildman–Crippen LogP) is 2.35. The van der Waals surface area contributed by atoms with Gasteiger partial charge in [-0.15, -0.1) is 0 Å². The summed E-state index contributed by atoms with van der Waals surface area (Å²) >= 11 is 0. The molecule has 0 spiro atoms. The molecule has 2 amide bonds.